The lowest BCUT2D eigenvalue weighted by Crippen LogP contribution is -2.47. The summed E-state index contributed by atoms with van der Waals surface area (Å²) in [4.78, 5) is 29.3. The highest BCUT2D eigenvalue weighted by Gasteiger charge is 2.28. The molecule has 1 amide bonds. The number of ether oxygens (including phenoxy) is 2. The quantitative estimate of drug-likeness (QED) is 0.467. The van der Waals surface area contributed by atoms with Gasteiger partial charge in [-0.15, -0.1) is 0 Å². The first kappa shape index (κ1) is 28.7. The third kappa shape index (κ3) is 8.61. The van der Waals surface area contributed by atoms with Crippen LogP contribution in [0.25, 0.3) is 6.08 Å². The van der Waals surface area contributed by atoms with E-state index in [2.05, 4.69) is 11.4 Å². The topological polar surface area (TPSA) is 91.3 Å². The molecule has 2 heterocycles. The van der Waals surface area contributed by atoms with Crippen LogP contribution < -0.4 is 10.2 Å². The molecule has 0 spiro atoms. The molecule has 0 aliphatic carbocycles. The number of aliphatic hydroxyl groups excluding tert-OH is 1. The molecule has 204 valence electrons. The Balaban J connectivity index is 1.85. The predicted octanol–water partition coefficient (Wildman–Crippen LogP) is 3.85. The van der Waals surface area contributed by atoms with Crippen LogP contribution in [0, 0.1) is 11.8 Å². The SMILES string of the molecule is C/C(=C\c1cccc(N(C)C)c1)[C@H]1OC(=O)C[C@H](O)CC[C@H](C)[C@@H](OC(=O)N2CCNCC2)/C=C/[C@@H]1C. The molecule has 8 nitrogen and oxygen atoms in total. The molecule has 1 saturated heterocycles. The number of anilines is 1. The molecule has 2 aliphatic heterocycles. The van der Waals surface area contributed by atoms with Crippen LogP contribution in [0.5, 0.6) is 0 Å². The van der Waals surface area contributed by atoms with Crippen molar-refractivity contribution in [2.45, 2.75) is 58.3 Å². The van der Waals surface area contributed by atoms with E-state index in [4.69, 9.17) is 9.47 Å². The summed E-state index contributed by atoms with van der Waals surface area (Å²) in [6.45, 7) is 8.71. The Hall–Kier alpha value is -2.84. The van der Waals surface area contributed by atoms with E-state index < -0.39 is 24.3 Å². The Morgan fingerprint density at radius 3 is 2.62 bits per heavy atom. The van der Waals surface area contributed by atoms with E-state index in [0.29, 0.717) is 25.9 Å². The fraction of sp³-hybridized carbons (Fsp3) is 0.586. The molecule has 2 aliphatic rings. The van der Waals surface area contributed by atoms with Gasteiger partial charge in [0.15, 0.2) is 0 Å². The highest BCUT2D eigenvalue weighted by molar-refractivity contribution is 5.71. The highest BCUT2D eigenvalue weighted by atomic mass is 16.6. The zero-order chi connectivity index (χ0) is 26.9. The number of cyclic esters (lactones) is 1. The first-order chi connectivity index (χ1) is 17.6. The van der Waals surface area contributed by atoms with Gasteiger partial charge < -0.3 is 29.7 Å². The lowest BCUT2D eigenvalue weighted by atomic mass is 9.91. The third-order valence-corrected chi connectivity index (χ3v) is 7.10. The van der Waals surface area contributed by atoms with E-state index in [1.165, 1.54) is 0 Å². The Morgan fingerprint density at radius 1 is 1.19 bits per heavy atom. The third-order valence-electron chi connectivity index (χ3n) is 7.10. The van der Waals surface area contributed by atoms with Gasteiger partial charge in [-0.05, 0) is 55.0 Å². The molecular formula is C29H43N3O5. The average molecular weight is 514 g/mol. The summed E-state index contributed by atoms with van der Waals surface area (Å²) in [5.41, 5.74) is 2.99. The summed E-state index contributed by atoms with van der Waals surface area (Å²) < 4.78 is 11.8. The lowest BCUT2D eigenvalue weighted by Gasteiger charge is -2.31. The molecule has 1 aromatic carbocycles. The predicted molar refractivity (Wildman–Crippen MR) is 146 cm³/mol. The van der Waals surface area contributed by atoms with E-state index in [0.717, 1.165) is 29.9 Å². The van der Waals surface area contributed by atoms with Crippen molar-refractivity contribution in [2.75, 3.05) is 45.2 Å². The molecule has 37 heavy (non-hydrogen) atoms. The van der Waals surface area contributed by atoms with E-state index in [1.54, 1.807) is 4.90 Å². The number of esters is 1. The number of rotatable bonds is 4. The molecule has 0 radical (unpaired) electrons. The first-order valence-corrected chi connectivity index (χ1v) is 13.3. The minimum Gasteiger partial charge on any atom is -0.457 e. The number of benzene rings is 1. The van der Waals surface area contributed by atoms with Gasteiger partial charge in [-0.3, -0.25) is 4.79 Å². The molecule has 3 rings (SSSR count). The fourth-order valence-electron chi connectivity index (χ4n) is 4.73. The summed E-state index contributed by atoms with van der Waals surface area (Å²) in [6, 6.07) is 8.14. The van der Waals surface area contributed by atoms with Crippen LogP contribution in [0.3, 0.4) is 0 Å². The molecule has 0 unspecified atom stereocenters. The molecule has 0 aromatic heterocycles. The lowest BCUT2D eigenvalue weighted by molar-refractivity contribution is -0.151. The number of nitrogens with one attached hydrogen (secondary N) is 1. The Kier molecular flexibility index (Phi) is 10.6. The Bertz CT molecular complexity index is 970. The Labute approximate surface area is 221 Å². The first-order valence-electron chi connectivity index (χ1n) is 13.3. The van der Waals surface area contributed by atoms with Gasteiger partial charge in [0.05, 0.1) is 12.5 Å². The van der Waals surface area contributed by atoms with Crippen LogP contribution in [0.1, 0.15) is 45.6 Å². The van der Waals surface area contributed by atoms with Crippen LogP contribution in [-0.2, 0) is 14.3 Å². The largest absolute Gasteiger partial charge is 0.457 e. The van der Waals surface area contributed by atoms with Crippen molar-refractivity contribution in [1.82, 2.24) is 10.2 Å². The molecule has 0 saturated carbocycles. The maximum atomic E-state index is 12.8. The molecular weight excluding hydrogens is 470 g/mol. The van der Waals surface area contributed by atoms with Gasteiger partial charge in [0.25, 0.3) is 0 Å². The summed E-state index contributed by atoms with van der Waals surface area (Å²) in [5.74, 6) is -0.590. The van der Waals surface area contributed by atoms with E-state index in [9.17, 15) is 14.7 Å². The highest BCUT2D eigenvalue weighted by Crippen LogP contribution is 2.26. The van der Waals surface area contributed by atoms with Crippen LogP contribution in [0.2, 0.25) is 0 Å². The fourth-order valence-corrected chi connectivity index (χ4v) is 4.73. The standard InChI is InChI=1S/C29H43N3O5/c1-20-9-11-25(33)19-27(34)37-28(22(3)17-23-7-6-8-24(18-23)31(4)5)21(2)10-12-26(20)36-29(35)32-15-13-30-14-16-32/h6-8,10,12,17-18,20-21,25-26,28,30,33H,9,11,13-16,19H2,1-5H3/b12-10+,22-17+/t20-,21-,25+,26-,28-/m0/s1. The van der Waals surface area contributed by atoms with Crippen LogP contribution in [0.4, 0.5) is 10.5 Å². The van der Waals surface area contributed by atoms with Crippen LogP contribution >= 0.6 is 0 Å². The number of piperazine rings is 1. The minimum atomic E-state index is -0.806. The van der Waals surface area contributed by atoms with Gasteiger partial charge >= 0.3 is 12.1 Å². The van der Waals surface area contributed by atoms with Gasteiger partial charge in [-0.2, -0.15) is 0 Å². The number of nitrogens with zero attached hydrogens (tertiary/aromatic N) is 2. The molecule has 0 bridgehead atoms. The maximum Gasteiger partial charge on any atom is 0.410 e. The number of carbonyl (C=O) groups is 2. The number of amides is 1. The molecule has 5 atom stereocenters. The van der Waals surface area contributed by atoms with Gasteiger partial charge in [0.1, 0.15) is 12.2 Å². The molecule has 1 fully saturated rings. The smallest absolute Gasteiger partial charge is 0.410 e. The second-order valence-electron chi connectivity index (χ2n) is 10.5. The zero-order valence-corrected chi connectivity index (χ0v) is 22.9. The van der Waals surface area contributed by atoms with Crippen molar-refractivity contribution in [2.24, 2.45) is 11.8 Å². The zero-order valence-electron chi connectivity index (χ0n) is 22.9. The van der Waals surface area contributed by atoms with Crippen molar-refractivity contribution in [1.29, 1.82) is 0 Å². The number of hydrogen-bond donors (Lipinski definition) is 2. The number of carbonyl (C=O) groups excluding carboxylic acids is 2. The van der Waals surface area contributed by atoms with Gasteiger partial charge in [-0.25, -0.2) is 4.79 Å². The van der Waals surface area contributed by atoms with Crippen molar-refractivity contribution in [3.05, 3.63) is 47.6 Å². The van der Waals surface area contributed by atoms with Crippen molar-refractivity contribution < 1.29 is 24.2 Å². The van der Waals surface area contributed by atoms with E-state index in [-0.39, 0.29) is 24.3 Å². The summed E-state index contributed by atoms with van der Waals surface area (Å²) in [7, 11) is 3.99. The number of hydrogen-bond acceptors (Lipinski definition) is 7. The normalized spacial score (nSPS) is 28.9. The van der Waals surface area contributed by atoms with Crippen LogP contribution in [0.15, 0.2) is 42.0 Å². The average Bonchev–Trinajstić information content (AvgIpc) is 2.87. The van der Waals surface area contributed by atoms with E-state index >= 15 is 0 Å². The van der Waals surface area contributed by atoms with Crippen LogP contribution in [-0.4, -0.2) is 80.7 Å². The summed E-state index contributed by atoms with van der Waals surface area (Å²) in [5, 5.41) is 13.7. The van der Waals surface area contributed by atoms with E-state index in [1.807, 2.05) is 76.2 Å². The second-order valence-corrected chi connectivity index (χ2v) is 10.5. The van der Waals surface area contributed by atoms with Crippen molar-refractivity contribution in [3.8, 4) is 0 Å². The molecule has 8 heteroatoms. The van der Waals surface area contributed by atoms with Crippen molar-refractivity contribution in [3.63, 3.8) is 0 Å². The van der Waals surface area contributed by atoms with Crippen molar-refractivity contribution >= 4 is 23.8 Å². The minimum absolute atomic E-state index is 0.00993. The maximum absolute atomic E-state index is 12.8. The summed E-state index contributed by atoms with van der Waals surface area (Å²) in [6.07, 6.45) is 4.85. The monoisotopic (exact) mass is 513 g/mol. The second kappa shape index (κ2) is 13.6. The number of aliphatic hydroxyl groups is 1. The molecule has 1 aromatic rings. The van der Waals surface area contributed by atoms with Gasteiger partial charge in [0, 0.05) is 51.9 Å². The Morgan fingerprint density at radius 2 is 1.92 bits per heavy atom. The molecule has 2 N–H and O–H groups in total. The van der Waals surface area contributed by atoms with Gasteiger partial charge in [0.2, 0.25) is 0 Å². The van der Waals surface area contributed by atoms with Gasteiger partial charge in [-0.1, -0.05) is 38.1 Å². The summed E-state index contributed by atoms with van der Waals surface area (Å²) >= 11 is 0.